The smallest absolute Gasteiger partial charge is 0.248 e. The summed E-state index contributed by atoms with van der Waals surface area (Å²) in [7, 11) is 0. The largest absolute Gasteiger partial charge is 0.324 e. The summed E-state index contributed by atoms with van der Waals surface area (Å²) < 4.78 is 0. The van der Waals surface area contributed by atoms with Crippen molar-refractivity contribution in [2.75, 3.05) is 11.1 Å². The van der Waals surface area contributed by atoms with Gasteiger partial charge in [-0.3, -0.25) is 9.59 Å². The zero-order valence-electron chi connectivity index (χ0n) is 14.8. The van der Waals surface area contributed by atoms with Gasteiger partial charge in [-0.1, -0.05) is 49.4 Å². The van der Waals surface area contributed by atoms with E-state index in [0.29, 0.717) is 12.2 Å². The number of anilines is 1. The number of amides is 2. The predicted octanol–water partition coefficient (Wildman–Crippen LogP) is 3.78. The van der Waals surface area contributed by atoms with Crippen LogP contribution < -0.4 is 5.32 Å². The van der Waals surface area contributed by atoms with Gasteiger partial charge in [0.25, 0.3) is 0 Å². The van der Waals surface area contributed by atoms with Crippen molar-refractivity contribution in [1.29, 1.82) is 0 Å². The van der Waals surface area contributed by atoms with Gasteiger partial charge in [-0.15, -0.1) is 11.8 Å². The lowest BCUT2D eigenvalue weighted by molar-refractivity contribution is -0.136. The molecule has 0 spiro atoms. The van der Waals surface area contributed by atoms with Crippen LogP contribution in [0.3, 0.4) is 0 Å². The van der Waals surface area contributed by atoms with Crippen molar-refractivity contribution in [3.8, 4) is 0 Å². The highest BCUT2D eigenvalue weighted by molar-refractivity contribution is 8.00. The summed E-state index contributed by atoms with van der Waals surface area (Å²) >= 11 is 1.72. The van der Waals surface area contributed by atoms with E-state index in [1.807, 2.05) is 47.4 Å². The first kappa shape index (κ1) is 17.2. The van der Waals surface area contributed by atoms with Gasteiger partial charge < -0.3 is 10.2 Å². The predicted molar refractivity (Wildman–Crippen MR) is 105 cm³/mol. The molecule has 0 saturated carbocycles. The lowest BCUT2D eigenvalue weighted by Crippen LogP contribution is -2.48. The third-order valence-corrected chi connectivity index (χ3v) is 6.85. The average Bonchev–Trinajstić information content (AvgIpc) is 3.22. The van der Waals surface area contributed by atoms with Crippen molar-refractivity contribution in [1.82, 2.24) is 4.90 Å². The van der Waals surface area contributed by atoms with E-state index < -0.39 is 10.9 Å². The van der Waals surface area contributed by atoms with E-state index in [2.05, 4.69) is 24.4 Å². The Balaban J connectivity index is 1.60. The van der Waals surface area contributed by atoms with Gasteiger partial charge in [-0.2, -0.15) is 0 Å². The molecular weight excluding hydrogens is 344 g/mol. The van der Waals surface area contributed by atoms with Crippen LogP contribution in [0.4, 0.5) is 5.69 Å². The van der Waals surface area contributed by atoms with Gasteiger partial charge in [0.2, 0.25) is 11.8 Å². The third-order valence-electron chi connectivity index (χ3n) is 5.26. The molecule has 134 valence electrons. The van der Waals surface area contributed by atoms with Crippen LogP contribution in [-0.2, 0) is 20.9 Å². The first-order valence-corrected chi connectivity index (χ1v) is 10.0. The second-order valence-corrected chi connectivity index (χ2v) is 8.08. The number of nitrogens with one attached hydrogen (secondary N) is 1. The van der Waals surface area contributed by atoms with Crippen molar-refractivity contribution < 1.29 is 9.59 Å². The molecule has 2 aliphatic rings. The number of nitrogens with zero attached hydrogens (tertiary/aromatic N) is 1. The van der Waals surface area contributed by atoms with Gasteiger partial charge in [0.05, 0.1) is 0 Å². The molecule has 2 aliphatic heterocycles. The van der Waals surface area contributed by atoms with E-state index in [1.165, 1.54) is 5.56 Å². The maximum absolute atomic E-state index is 13.0. The maximum atomic E-state index is 13.0. The van der Waals surface area contributed by atoms with Crippen LogP contribution >= 0.6 is 11.8 Å². The Morgan fingerprint density at radius 2 is 2.04 bits per heavy atom. The highest BCUT2D eigenvalue weighted by Gasteiger charge is 2.56. The van der Waals surface area contributed by atoms with E-state index in [0.717, 1.165) is 24.1 Å². The zero-order valence-corrected chi connectivity index (χ0v) is 15.6. The van der Waals surface area contributed by atoms with Crippen LogP contribution in [-0.4, -0.2) is 28.5 Å². The van der Waals surface area contributed by atoms with Crippen molar-refractivity contribution in [2.24, 2.45) is 0 Å². The summed E-state index contributed by atoms with van der Waals surface area (Å²) in [6.45, 7) is 2.09. The number of rotatable bonds is 4. The zero-order chi connectivity index (χ0) is 18.1. The number of hydrogen-bond donors (Lipinski definition) is 1. The highest BCUT2D eigenvalue weighted by atomic mass is 32.2. The lowest BCUT2D eigenvalue weighted by Gasteiger charge is -2.34. The normalized spacial score (nSPS) is 24.6. The molecule has 0 aliphatic carbocycles. The Morgan fingerprint density at radius 3 is 2.81 bits per heavy atom. The van der Waals surface area contributed by atoms with Crippen LogP contribution in [0.2, 0.25) is 0 Å². The summed E-state index contributed by atoms with van der Waals surface area (Å²) in [5.41, 5.74) is 3.09. The number of thioether (sulfide) groups is 1. The second-order valence-electron chi connectivity index (χ2n) is 6.78. The summed E-state index contributed by atoms with van der Waals surface area (Å²) in [5.74, 6) is 0.597. The van der Waals surface area contributed by atoms with E-state index in [-0.39, 0.29) is 11.8 Å². The molecule has 2 aromatic rings. The SMILES string of the molecule is CCc1cccc(NC(=O)[C@@H]2CS[C@@]3(c4ccccc4)CCC(=O)N23)c1. The van der Waals surface area contributed by atoms with Crippen LogP contribution in [0, 0.1) is 0 Å². The van der Waals surface area contributed by atoms with Gasteiger partial charge in [0.15, 0.2) is 0 Å². The number of fused-ring (bicyclic) bond motifs is 1. The summed E-state index contributed by atoms with van der Waals surface area (Å²) in [4.78, 5) is 27.0. The molecule has 2 saturated heterocycles. The summed E-state index contributed by atoms with van der Waals surface area (Å²) in [6, 6.07) is 17.5. The Kier molecular flexibility index (Phi) is 4.49. The number of hydrogen-bond acceptors (Lipinski definition) is 3. The van der Waals surface area contributed by atoms with Crippen molar-refractivity contribution in [3.63, 3.8) is 0 Å². The molecule has 0 bridgehead atoms. The molecular formula is C21H22N2O2S. The second kappa shape index (κ2) is 6.80. The number of carbonyl (C=O) groups is 2. The molecule has 0 radical (unpaired) electrons. The van der Waals surface area contributed by atoms with Gasteiger partial charge in [-0.05, 0) is 36.1 Å². The van der Waals surface area contributed by atoms with Crippen molar-refractivity contribution in [2.45, 2.75) is 37.1 Å². The van der Waals surface area contributed by atoms with Crippen LogP contribution in [0.1, 0.15) is 30.9 Å². The molecule has 4 rings (SSSR count). The Bertz CT molecular complexity index is 839. The molecule has 2 aromatic carbocycles. The van der Waals surface area contributed by atoms with Gasteiger partial charge in [0, 0.05) is 17.9 Å². The number of aryl methyl sites for hydroxylation is 1. The first-order valence-electron chi connectivity index (χ1n) is 9.05. The fourth-order valence-electron chi connectivity index (χ4n) is 3.93. The fourth-order valence-corrected chi connectivity index (χ4v) is 5.58. The lowest BCUT2D eigenvalue weighted by atomic mass is 10.0. The Labute approximate surface area is 158 Å². The maximum Gasteiger partial charge on any atom is 0.248 e. The monoisotopic (exact) mass is 366 g/mol. The minimum atomic E-state index is -0.430. The molecule has 2 heterocycles. The standard InChI is InChI=1S/C21H22N2O2S/c1-2-15-7-6-10-17(13-15)22-20(25)18-14-26-21(12-11-19(24)23(18)21)16-8-4-3-5-9-16/h3-10,13,18H,2,11-12,14H2,1H3,(H,22,25)/t18-,21+/m0/s1. The van der Waals surface area contributed by atoms with Crippen LogP contribution in [0.25, 0.3) is 0 Å². The fraction of sp³-hybridized carbons (Fsp3) is 0.333. The van der Waals surface area contributed by atoms with Crippen molar-refractivity contribution in [3.05, 3.63) is 65.7 Å². The van der Waals surface area contributed by atoms with E-state index in [9.17, 15) is 9.59 Å². The molecule has 1 N–H and O–H groups in total. The Hall–Kier alpha value is -2.27. The molecule has 4 nitrogen and oxygen atoms in total. The molecule has 2 amide bonds. The number of benzene rings is 2. The third kappa shape index (κ3) is 2.80. The Morgan fingerprint density at radius 1 is 1.23 bits per heavy atom. The minimum Gasteiger partial charge on any atom is -0.324 e. The summed E-state index contributed by atoms with van der Waals surface area (Å²) in [5, 5.41) is 3.01. The quantitative estimate of drug-likeness (QED) is 0.896. The van der Waals surface area contributed by atoms with Gasteiger partial charge in [0.1, 0.15) is 10.9 Å². The topological polar surface area (TPSA) is 49.4 Å². The van der Waals surface area contributed by atoms with Crippen molar-refractivity contribution >= 4 is 29.3 Å². The van der Waals surface area contributed by atoms with E-state index in [1.54, 1.807) is 11.8 Å². The molecule has 2 fully saturated rings. The molecule has 26 heavy (non-hydrogen) atoms. The van der Waals surface area contributed by atoms with Crippen LogP contribution in [0.5, 0.6) is 0 Å². The molecule has 0 aromatic heterocycles. The van der Waals surface area contributed by atoms with Gasteiger partial charge in [-0.25, -0.2) is 0 Å². The highest BCUT2D eigenvalue weighted by Crippen LogP contribution is 2.54. The molecule has 5 heteroatoms. The summed E-state index contributed by atoms with van der Waals surface area (Å²) in [6.07, 6.45) is 2.18. The van der Waals surface area contributed by atoms with Gasteiger partial charge >= 0.3 is 0 Å². The van der Waals surface area contributed by atoms with E-state index >= 15 is 0 Å². The molecule has 2 atom stereocenters. The van der Waals surface area contributed by atoms with E-state index in [4.69, 9.17) is 0 Å². The number of carbonyl (C=O) groups excluding carboxylic acids is 2. The minimum absolute atomic E-state index is 0.0707. The molecule has 0 unspecified atom stereocenters. The van der Waals surface area contributed by atoms with Crippen LogP contribution in [0.15, 0.2) is 54.6 Å². The first-order chi connectivity index (χ1) is 12.6. The average molecular weight is 366 g/mol.